The van der Waals surface area contributed by atoms with Crippen molar-refractivity contribution in [1.82, 2.24) is 4.31 Å². The van der Waals surface area contributed by atoms with Crippen molar-refractivity contribution in [1.29, 1.82) is 0 Å². The van der Waals surface area contributed by atoms with Gasteiger partial charge in [0.2, 0.25) is 10.0 Å². The first-order valence-electron chi connectivity index (χ1n) is 11.0. The van der Waals surface area contributed by atoms with E-state index in [4.69, 9.17) is 9.47 Å². The Morgan fingerprint density at radius 1 is 1.00 bits per heavy atom. The summed E-state index contributed by atoms with van der Waals surface area (Å²) in [6.07, 6.45) is 4.63. The monoisotopic (exact) mass is 459 g/mol. The zero-order chi connectivity index (χ0) is 23.1. The molecule has 1 aromatic rings. The number of rotatable bonds is 6. The molecule has 3 aliphatic rings. The molecule has 1 heterocycles. The van der Waals surface area contributed by atoms with Crippen LogP contribution in [0.4, 0.5) is 0 Å². The van der Waals surface area contributed by atoms with Crippen LogP contribution in [0.15, 0.2) is 52.5 Å². The van der Waals surface area contributed by atoms with Crippen LogP contribution in [0, 0.1) is 24.2 Å². The molecule has 1 aliphatic heterocycles. The van der Waals surface area contributed by atoms with Crippen LogP contribution in [-0.4, -0.2) is 51.0 Å². The predicted molar refractivity (Wildman–Crippen MR) is 118 cm³/mol. The first-order valence-corrected chi connectivity index (χ1v) is 12.5. The number of aryl methyl sites for hydroxylation is 1. The Kier molecular flexibility index (Phi) is 6.02. The van der Waals surface area contributed by atoms with E-state index in [0.717, 1.165) is 16.7 Å². The third-order valence-corrected chi connectivity index (χ3v) is 8.43. The lowest BCUT2D eigenvalue weighted by molar-refractivity contribution is -0.171. The van der Waals surface area contributed by atoms with E-state index in [1.807, 2.05) is 19.1 Å². The molecule has 4 rings (SSSR count). The van der Waals surface area contributed by atoms with Crippen LogP contribution >= 0.6 is 0 Å². The van der Waals surface area contributed by atoms with E-state index in [0.29, 0.717) is 18.0 Å². The highest BCUT2D eigenvalue weighted by Gasteiger charge is 2.56. The maximum atomic E-state index is 13.1. The first-order chi connectivity index (χ1) is 15.2. The normalized spacial score (nSPS) is 24.2. The highest BCUT2D eigenvalue weighted by molar-refractivity contribution is 7.89. The Hall–Kier alpha value is -2.45. The number of sulfonamides is 1. The number of hydrogen-bond acceptors (Lipinski definition) is 6. The van der Waals surface area contributed by atoms with Crippen LogP contribution in [0.3, 0.4) is 0 Å². The van der Waals surface area contributed by atoms with Crippen molar-refractivity contribution in [2.45, 2.75) is 38.5 Å². The summed E-state index contributed by atoms with van der Waals surface area (Å²) in [4.78, 5) is 25.8. The topological polar surface area (TPSA) is 90.0 Å². The molecule has 2 fully saturated rings. The van der Waals surface area contributed by atoms with Crippen LogP contribution in [0.5, 0.6) is 0 Å². The van der Waals surface area contributed by atoms with E-state index in [-0.39, 0.29) is 37.9 Å². The van der Waals surface area contributed by atoms with Gasteiger partial charge in [-0.25, -0.2) is 8.42 Å². The molecule has 0 N–H and O–H groups in total. The van der Waals surface area contributed by atoms with Crippen LogP contribution in [0.1, 0.15) is 32.3 Å². The lowest BCUT2D eigenvalue weighted by Gasteiger charge is -2.24. The molecule has 1 saturated heterocycles. The number of carbonyl (C=O) groups excluding carboxylic acids is 2. The van der Waals surface area contributed by atoms with Gasteiger partial charge in [-0.05, 0) is 51.7 Å². The van der Waals surface area contributed by atoms with Crippen molar-refractivity contribution < 1.29 is 27.5 Å². The lowest BCUT2D eigenvalue weighted by atomic mass is 9.84. The highest BCUT2D eigenvalue weighted by atomic mass is 32.2. The summed E-state index contributed by atoms with van der Waals surface area (Å²) in [7, 11) is -3.59. The maximum Gasteiger partial charge on any atom is 0.323 e. The zero-order valence-corrected chi connectivity index (χ0v) is 19.5. The molecule has 7 nitrogen and oxygen atoms in total. The molecule has 1 saturated carbocycles. The van der Waals surface area contributed by atoms with Crippen LogP contribution in [-0.2, 0) is 29.1 Å². The Morgan fingerprint density at radius 3 is 2.19 bits per heavy atom. The van der Waals surface area contributed by atoms with Gasteiger partial charge >= 0.3 is 11.9 Å². The summed E-state index contributed by atoms with van der Waals surface area (Å²) < 4.78 is 38.2. The van der Waals surface area contributed by atoms with Crippen LogP contribution in [0.25, 0.3) is 0 Å². The smallest absolute Gasteiger partial charge is 0.323 e. The minimum absolute atomic E-state index is 0.0540. The summed E-state index contributed by atoms with van der Waals surface area (Å²) in [5, 5.41) is 0. The molecule has 0 aromatic heterocycles. The molecule has 32 heavy (non-hydrogen) atoms. The number of esters is 2. The average Bonchev–Trinajstić information content (AvgIpc) is 3.34. The molecular formula is C24H29NO6S. The van der Waals surface area contributed by atoms with Crippen molar-refractivity contribution in [3.05, 3.63) is 53.1 Å². The van der Waals surface area contributed by atoms with Gasteiger partial charge in [-0.3, -0.25) is 9.59 Å². The summed E-state index contributed by atoms with van der Waals surface area (Å²) >= 11 is 0. The van der Waals surface area contributed by atoms with E-state index in [9.17, 15) is 18.0 Å². The molecule has 172 valence electrons. The van der Waals surface area contributed by atoms with Gasteiger partial charge in [0, 0.05) is 19.0 Å². The number of fused-ring (bicyclic) bond motifs is 2. The Labute approximate surface area is 189 Å². The number of benzene rings is 1. The van der Waals surface area contributed by atoms with Crippen molar-refractivity contribution in [2.75, 3.05) is 26.3 Å². The Bertz CT molecular complexity index is 1070. The number of carbonyl (C=O) groups is 2. The van der Waals surface area contributed by atoms with E-state index >= 15 is 0 Å². The molecule has 8 heteroatoms. The third kappa shape index (κ3) is 3.79. The third-order valence-electron chi connectivity index (χ3n) is 6.61. The fourth-order valence-corrected chi connectivity index (χ4v) is 6.41. The van der Waals surface area contributed by atoms with Crippen LogP contribution < -0.4 is 0 Å². The zero-order valence-electron chi connectivity index (χ0n) is 18.7. The molecule has 0 bridgehead atoms. The van der Waals surface area contributed by atoms with Crippen molar-refractivity contribution in [3.8, 4) is 0 Å². The molecule has 0 amide bonds. The molecular weight excluding hydrogens is 430 g/mol. The summed E-state index contributed by atoms with van der Waals surface area (Å²) in [6, 6.07) is 6.88. The van der Waals surface area contributed by atoms with Gasteiger partial charge < -0.3 is 9.47 Å². The molecule has 2 aliphatic carbocycles. The second kappa shape index (κ2) is 8.48. The number of hydrogen-bond donors (Lipinski definition) is 0. The fourth-order valence-electron chi connectivity index (χ4n) is 4.96. The molecule has 1 aromatic carbocycles. The molecule has 0 radical (unpaired) electrons. The molecule has 2 atom stereocenters. The highest BCUT2D eigenvalue weighted by Crippen LogP contribution is 2.51. The molecule has 0 spiro atoms. The van der Waals surface area contributed by atoms with E-state index < -0.39 is 27.4 Å². The van der Waals surface area contributed by atoms with Gasteiger partial charge in [-0.2, -0.15) is 4.31 Å². The number of nitrogens with zero attached hydrogens (tertiary/aromatic N) is 1. The standard InChI is InChI=1S/C24H29NO6S/c1-4-30-22(26)24(23(27)31-5-2)12-17-10-19-14-25(15-20(19)11-18(17)13-24)32(28,29)21-8-6-16(3)7-9-21/h6-11,17,20H,4-5,12-15H2,1-3H3/t17-,20-/m0/s1. The van der Waals surface area contributed by atoms with E-state index in [1.165, 1.54) is 4.31 Å². The number of ether oxygens (including phenoxy) is 2. The van der Waals surface area contributed by atoms with Gasteiger partial charge in [-0.1, -0.05) is 41.0 Å². The fraction of sp³-hybridized carbons (Fsp3) is 0.500. The van der Waals surface area contributed by atoms with Gasteiger partial charge in [-0.15, -0.1) is 0 Å². The second-order valence-corrected chi connectivity index (χ2v) is 10.6. The summed E-state index contributed by atoms with van der Waals surface area (Å²) in [5.74, 6) is -1.24. The molecule has 0 unspecified atom stereocenters. The van der Waals surface area contributed by atoms with E-state index in [2.05, 4.69) is 0 Å². The van der Waals surface area contributed by atoms with Gasteiger partial charge in [0.05, 0.1) is 18.1 Å². The minimum Gasteiger partial charge on any atom is -0.465 e. The summed E-state index contributed by atoms with van der Waals surface area (Å²) in [5.41, 5.74) is 1.67. The lowest BCUT2D eigenvalue weighted by Crippen LogP contribution is -2.40. The van der Waals surface area contributed by atoms with Gasteiger partial charge in [0.25, 0.3) is 0 Å². The second-order valence-electron chi connectivity index (χ2n) is 8.71. The predicted octanol–water partition coefficient (Wildman–Crippen LogP) is 3.00. The van der Waals surface area contributed by atoms with Crippen molar-refractivity contribution in [3.63, 3.8) is 0 Å². The average molecular weight is 460 g/mol. The van der Waals surface area contributed by atoms with Crippen LogP contribution in [0.2, 0.25) is 0 Å². The van der Waals surface area contributed by atoms with E-state index in [1.54, 1.807) is 38.1 Å². The maximum absolute atomic E-state index is 13.1. The summed E-state index contributed by atoms with van der Waals surface area (Å²) in [6.45, 7) is 6.40. The SMILES string of the molecule is CCOC(=O)C1(C(=O)OCC)CC2=C[C@H]3CN(S(=O)(=O)c4ccc(C)cc4)CC3=C[C@H]2C1. The number of allylic oxidation sites excluding steroid dienone is 2. The Morgan fingerprint density at radius 2 is 1.59 bits per heavy atom. The van der Waals surface area contributed by atoms with Crippen molar-refractivity contribution in [2.24, 2.45) is 17.3 Å². The van der Waals surface area contributed by atoms with Crippen molar-refractivity contribution >= 4 is 22.0 Å². The first kappa shape index (κ1) is 22.7. The largest absolute Gasteiger partial charge is 0.465 e. The quantitative estimate of drug-likeness (QED) is 0.369. The van der Waals surface area contributed by atoms with Gasteiger partial charge in [0.1, 0.15) is 0 Å². The minimum atomic E-state index is -3.59. The van der Waals surface area contributed by atoms with Gasteiger partial charge in [0.15, 0.2) is 5.41 Å². The Balaban J connectivity index is 1.57.